The van der Waals surface area contributed by atoms with Crippen LogP contribution in [0.25, 0.3) is 11.3 Å². The van der Waals surface area contributed by atoms with Crippen molar-refractivity contribution in [2.45, 2.75) is 18.4 Å². The van der Waals surface area contributed by atoms with Crippen molar-refractivity contribution in [3.8, 4) is 17.3 Å². The van der Waals surface area contributed by atoms with E-state index >= 15 is 0 Å². The number of halogens is 1. The van der Waals surface area contributed by atoms with Crippen LogP contribution < -0.4 is 5.32 Å². The minimum atomic E-state index is -0.350. The number of carbonyl (C=O) groups is 1. The highest BCUT2D eigenvalue weighted by Crippen LogP contribution is 2.26. The van der Waals surface area contributed by atoms with E-state index in [1.165, 1.54) is 41.6 Å². The fourth-order valence-corrected chi connectivity index (χ4v) is 3.43. The molecule has 1 heterocycles. The van der Waals surface area contributed by atoms with Crippen molar-refractivity contribution in [3.63, 3.8) is 0 Å². The van der Waals surface area contributed by atoms with Gasteiger partial charge >= 0.3 is 0 Å². The molecule has 140 valence electrons. The molecule has 1 N–H and O–H groups in total. The number of carbonyl (C=O) groups excluding carboxylic acids is 1. The van der Waals surface area contributed by atoms with Gasteiger partial charge in [-0.15, -0.1) is 11.8 Å². The van der Waals surface area contributed by atoms with E-state index in [0.29, 0.717) is 22.0 Å². The van der Waals surface area contributed by atoms with Crippen molar-refractivity contribution in [2.24, 2.45) is 0 Å². The highest BCUT2D eigenvalue weighted by molar-refractivity contribution is 7.99. The van der Waals surface area contributed by atoms with Crippen molar-refractivity contribution in [2.75, 3.05) is 11.1 Å². The summed E-state index contributed by atoms with van der Waals surface area (Å²) in [6, 6.07) is 19.4. The molecule has 0 atom stereocenters. The molecule has 6 heteroatoms. The van der Waals surface area contributed by atoms with Gasteiger partial charge in [-0.05, 0) is 43.3 Å². The van der Waals surface area contributed by atoms with Gasteiger partial charge in [-0.1, -0.05) is 29.8 Å². The number of nitrogens with zero attached hydrogens (tertiary/aromatic N) is 2. The Kier molecular flexibility index (Phi) is 6.41. The van der Waals surface area contributed by atoms with Crippen molar-refractivity contribution in [1.82, 2.24) is 4.98 Å². The third kappa shape index (κ3) is 5.18. The largest absolute Gasteiger partial charge is 0.326 e. The topological polar surface area (TPSA) is 65.8 Å². The first-order valence-electron chi connectivity index (χ1n) is 8.71. The molecule has 0 aliphatic carbocycles. The first-order valence-corrected chi connectivity index (χ1v) is 9.70. The normalized spacial score (nSPS) is 10.3. The average Bonchev–Trinajstić information content (AvgIpc) is 2.70. The molecule has 0 saturated carbocycles. The van der Waals surface area contributed by atoms with E-state index in [0.717, 1.165) is 11.3 Å². The molecule has 0 aliphatic heterocycles. The van der Waals surface area contributed by atoms with E-state index in [9.17, 15) is 14.4 Å². The Bertz CT molecular complexity index is 1010. The van der Waals surface area contributed by atoms with E-state index < -0.39 is 0 Å². The summed E-state index contributed by atoms with van der Waals surface area (Å²) >= 11 is 1.37. The zero-order chi connectivity index (χ0) is 19.9. The van der Waals surface area contributed by atoms with Crippen LogP contribution in [-0.2, 0) is 4.79 Å². The van der Waals surface area contributed by atoms with Crippen LogP contribution in [0.5, 0.6) is 0 Å². The lowest BCUT2D eigenvalue weighted by molar-refractivity contribution is -0.115. The van der Waals surface area contributed by atoms with Gasteiger partial charge in [0.15, 0.2) is 0 Å². The number of nitrogens with one attached hydrogen (secondary N) is 1. The molecular weight excluding hydrogens is 373 g/mol. The predicted molar refractivity (Wildman–Crippen MR) is 109 cm³/mol. The van der Waals surface area contributed by atoms with Gasteiger partial charge in [-0.3, -0.25) is 4.79 Å². The lowest BCUT2D eigenvalue weighted by Gasteiger charge is -2.08. The summed E-state index contributed by atoms with van der Waals surface area (Å²) in [4.78, 5) is 16.7. The monoisotopic (exact) mass is 391 g/mol. The summed E-state index contributed by atoms with van der Waals surface area (Å²) in [5.41, 5.74) is 3.97. The molecule has 1 amide bonds. The molecule has 4 nitrogen and oxygen atoms in total. The molecule has 0 fully saturated rings. The molecule has 0 aliphatic rings. The van der Waals surface area contributed by atoms with Crippen LogP contribution in [0.1, 0.15) is 17.5 Å². The molecule has 0 radical (unpaired) electrons. The third-order valence-corrected chi connectivity index (χ3v) is 5.02. The highest BCUT2D eigenvalue weighted by Gasteiger charge is 2.10. The van der Waals surface area contributed by atoms with Crippen molar-refractivity contribution in [3.05, 3.63) is 77.6 Å². The standard InChI is InChI=1S/C22H18FN3OS/c1-15-2-4-16(5-3-15)20-11-6-17(14-24)22(26-20)28-13-12-21(27)25-19-9-7-18(23)8-10-19/h2-11H,12-13H2,1H3,(H,25,27). The van der Waals surface area contributed by atoms with E-state index in [1.807, 2.05) is 37.3 Å². The summed E-state index contributed by atoms with van der Waals surface area (Å²) in [6.07, 6.45) is 0.253. The minimum Gasteiger partial charge on any atom is -0.326 e. The Labute approximate surface area is 167 Å². The maximum atomic E-state index is 12.9. The lowest BCUT2D eigenvalue weighted by atomic mass is 10.1. The van der Waals surface area contributed by atoms with E-state index in [2.05, 4.69) is 16.4 Å². The van der Waals surface area contributed by atoms with Crippen LogP contribution in [0.4, 0.5) is 10.1 Å². The molecule has 3 aromatic rings. The maximum absolute atomic E-state index is 12.9. The van der Waals surface area contributed by atoms with Crippen LogP contribution in [-0.4, -0.2) is 16.6 Å². The van der Waals surface area contributed by atoms with Crippen molar-refractivity contribution in [1.29, 1.82) is 5.26 Å². The maximum Gasteiger partial charge on any atom is 0.225 e. The summed E-state index contributed by atoms with van der Waals surface area (Å²) in [6.45, 7) is 2.02. The molecule has 0 unspecified atom stereocenters. The zero-order valence-electron chi connectivity index (χ0n) is 15.3. The Morgan fingerprint density at radius 1 is 1.11 bits per heavy atom. The number of hydrogen-bond donors (Lipinski definition) is 1. The second-order valence-corrected chi connectivity index (χ2v) is 7.26. The zero-order valence-corrected chi connectivity index (χ0v) is 16.1. The molecule has 0 bridgehead atoms. The Hall–Kier alpha value is -3.17. The van der Waals surface area contributed by atoms with E-state index in [4.69, 9.17) is 0 Å². The fourth-order valence-electron chi connectivity index (χ4n) is 2.52. The Balaban J connectivity index is 1.63. The van der Waals surface area contributed by atoms with Gasteiger partial charge in [-0.2, -0.15) is 5.26 Å². The molecular formula is C22H18FN3OS. The van der Waals surface area contributed by atoms with Crippen molar-refractivity contribution < 1.29 is 9.18 Å². The molecule has 1 aromatic heterocycles. The SMILES string of the molecule is Cc1ccc(-c2ccc(C#N)c(SCCC(=O)Nc3ccc(F)cc3)n2)cc1. The fraction of sp³-hybridized carbons (Fsp3) is 0.136. The molecule has 3 rings (SSSR count). The number of rotatable bonds is 6. The lowest BCUT2D eigenvalue weighted by Crippen LogP contribution is -2.12. The first kappa shape index (κ1) is 19.6. The molecule has 0 spiro atoms. The number of amides is 1. The summed E-state index contributed by atoms with van der Waals surface area (Å²) < 4.78 is 12.9. The number of hydrogen-bond acceptors (Lipinski definition) is 4. The van der Waals surface area contributed by atoms with Crippen LogP contribution in [0.2, 0.25) is 0 Å². The van der Waals surface area contributed by atoms with Gasteiger partial charge in [0.1, 0.15) is 16.9 Å². The first-order chi connectivity index (χ1) is 13.5. The smallest absolute Gasteiger partial charge is 0.225 e. The van der Waals surface area contributed by atoms with Crippen LogP contribution in [0.3, 0.4) is 0 Å². The third-order valence-electron chi connectivity index (χ3n) is 4.02. The number of aromatic nitrogens is 1. The number of anilines is 1. The minimum absolute atomic E-state index is 0.174. The number of thioether (sulfide) groups is 1. The summed E-state index contributed by atoms with van der Waals surface area (Å²) in [5.74, 6) is -0.0454. The Morgan fingerprint density at radius 3 is 2.50 bits per heavy atom. The number of pyridine rings is 1. The van der Waals surface area contributed by atoms with Crippen LogP contribution in [0, 0.1) is 24.1 Å². The second kappa shape index (κ2) is 9.16. The van der Waals surface area contributed by atoms with Crippen molar-refractivity contribution >= 4 is 23.4 Å². The number of benzene rings is 2. The van der Waals surface area contributed by atoms with Crippen LogP contribution >= 0.6 is 11.8 Å². The van der Waals surface area contributed by atoms with Gasteiger partial charge in [0, 0.05) is 23.4 Å². The summed E-state index contributed by atoms with van der Waals surface area (Å²) in [7, 11) is 0. The van der Waals surface area contributed by atoms with Gasteiger partial charge < -0.3 is 5.32 Å². The average molecular weight is 391 g/mol. The van der Waals surface area contributed by atoms with Gasteiger partial charge in [0.25, 0.3) is 0 Å². The number of nitriles is 1. The predicted octanol–water partition coefficient (Wildman–Crippen LogP) is 5.19. The second-order valence-electron chi connectivity index (χ2n) is 6.18. The molecule has 0 saturated heterocycles. The van der Waals surface area contributed by atoms with Crippen LogP contribution in [0.15, 0.2) is 65.7 Å². The molecule has 28 heavy (non-hydrogen) atoms. The van der Waals surface area contributed by atoms with E-state index in [1.54, 1.807) is 6.07 Å². The Morgan fingerprint density at radius 2 is 1.82 bits per heavy atom. The van der Waals surface area contributed by atoms with E-state index in [-0.39, 0.29) is 18.1 Å². The number of aryl methyl sites for hydroxylation is 1. The summed E-state index contributed by atoms with van der Waals surface area (Å²) in [5, 5.41) is 12.7. The molecule has 2 aromatic carbocycles. The quantitative estimate of drug-likeness (QED) is 0.587. The van der Waals surface area contributed by atoms with Gasteiger partial charge in [-0.25, -0.2) is 9.37 Å². The van der Waals surface area contributed by atoms with Gasteiger partial charge in [0.05, 0.1) is 11.3 Å². The van der Waals surface area contributed by atoms with Gasteiger partial charge in [0.2, 0.25) is 5.91 Å². The highest BCUT2D eigenvalue weighted by atomic mass is 32.2.